The van der Waals surface area contributed by atoms with Crippen molar-refractivity contribution in [2.75, 3.05) is 18.0 Å². The number of halogens is 2. The van der Waals surface area contributed by atoms with E-state index < -0.39 is 5.97 Å². The predicted octanol–water partition coefficient (Wildman–Crippen LogP) is 5.63. The minimum Gasteiger partial charge on any atom is -0.476 e. The van der Waals surface area contributed by atoms with Crippen molar-refractivity contribution in [2.45, 2.75) is 19.3 Å². The summed E-state index contributed by atoms with van der Waals surface area (Å²) in [4.78, 5) is 14.5. The summed E-state index contributed by atoms with van der Waals surface area (Å²) in [6.45, 7) is 1.68. The van der Waals surface area contributed by atoms with Gasteiger partial charge in [0.25, 0.3) is 0 Å². The standard InChI is InChI=1S/C20H18Cl2N2O2/c21-15-11-14-17(12-16(15)22)24(13-7-3-1-4-8-13)19(20(25)26)18(14)23-9-5-2-6-10-23/h1,3-4,7-8,11-12H,2,5-6,9-10H2,(H,25,26). The molecular formula is C20H18Cl2N2O2. The molecular weight excluding hydrogens is 371 g/mol. The van der Waals surface area contributed by atoms with Gasteiger partial charge >= 0.3 is 5.97 Å². The van der Waals surface area contributed by atoms with E-state index in [9.17, 15) is 9.90 Å². The Morgan fingerprint density at radius 3 is 2.27 bits per heavy atom. The summed E-state index contributed by atoms with van der Waals surface area (Å²) in [6.07, 6.45) is 3.28. The van der Waals surface area contributed by atoms with E-state index in [4.69, 9.17) is 23.2 Å². The number of aromatic nitrogens is 1. The minimum absolute atomic E-state index is 0.256. The van der Waals surface area contributed by atoms with Crippen molar-refractivity contribution in [2.24, 2.45) is 0 Å². The molecule has 26 heavy (non-hydrogen) atoms. The fraction of sp³-hybridized carbons (Fsp3) is 0.250. The molecule has 1 saturated heterocycles. The Balaban J connectivity index is 2.10. The molecule has 1 fully saturated rings. The summed E-state index contributed by atoms with van der Waals surface area (Å²) < 4.78 is 1.77. The van der Waals surface area contributed by atoms with Gasteiger partial charge in [0, 0.05) is 24.2 Å². The Morgan fingerprint density at radius 2 is 1.62 bits per heavy atom. The number of fused-ring (bicyclic) bond motifs is 1. The SMILES string of the molecule is O=C(O)c1c(N2CCCCC2)c2cc(Cl)c(Cl)cc2n1-c1ccccc1. The number of piperidine rings is 1. The van der Waals surface area contributed by atoms with Crippen molar-refractivity contribution in [3.05, 3.63) is 58.2 Å². The summed E-state index contributed by atoms with van der Waals surface area (Å²) in [7, 11) is 0. The van der Waals surface area contributed by atoms with Crippen molar-refractivity contribution >= 4 is 45.8 Å². The van der Waals surface area contributed by atoms with Crippen LogP contribution in [0.15, 0.2) is 42.5 Å². The van der Waals surface area contributed by atoms with Crippen LogP contribution in [0.2, 0.25) is 10.0 Å². The van der Waals surface area contributed by atoms with Gasteiger partial charge < -0.3 is 14.6 Å². The van der Waals surface area contributed by atoms with Crippen molar-refractivity contribution in [3.8, 4) is 5.69 Å². The minimum atomic E-state index is -0.960. The molecule has 0 saturated carbocycles. The highest BCUT2D eigenvalue weighted by Crippen LogP contribution is 2.41. The number of rotatable bonds is 3. The average molecular weight is 389 g/mol. The molecule has 1 aliphatic rings. The molecule has 0 amide bonds. The number of carbonyl (C=O) groups is 1. The molecule has 1 aliphatic heterocycles. The number of anilines is 1. The van der Waals surface area contributed by atoms with E-state index in [0.717, 1.165) is 48.2 Å². The molecule has 1 aromatic heterocycles. The van der Waals surface area contributed by atoms with E-state index in [1.807, 2.05) is 30.3 Å². The van der Waals surface area contributed by atoms with Crippen LogP contribution in [0.25, 0.3) is 16.6 Å². The lowest BCUT2D eigenvalue weighted by molar-refractivity contribution is 0.0689. The second-order valence-corrected chi connectivity index (χ2v) is 7.32. The molecule has 4 nitrogen and oxygen atoms in total. The molecule has 0 atom stereocenters. The van der Waals surface area contributed by atoms with Gasteiger partial charge in [0.1, 0.15) is 0 Å². The average Bonchev–Trinajstić information content (AvgIpc) is 2.98. The van der Waals surface area contributed by atoms with E-state index in [2.05, 4.69) is 4.90 Å². The van der Waals surface area contributed by atoms with E-state index in [0.29, 0.717) is 10.0 Å². The number of nitrogens with zero attached hydrogens (tertiary/aromatic N) is 2. The third-order valence-electron chi connectivity index (χ3n) is 4.87. The Kier molecular flexibility index (Phi) is 4.55. The van der Waals surface area contributed by atoms with Crippen molar-refractivity contribution in [3.63, 3.8) is 0 Å². The van der Waals surface area contributed by atoms with Gasteiger partial charge in [-0.05, 0) is 43.5 Å². The molecule has 0 aliphatic carbocycles. The molecule has 1 N–H and O–H groups in total. The Morgan fingerprint density at radius 1 is 0.962 bits per heavy atom. The number of hydrogen-bond acceptors (Lipinski definition) is 2. The van der Waals surface area contributed by atoms with Crippen LogP contribution in [-0.4, -0.2) is 28.7 Å². The quantitative estimate of drug-likeness (QED) is 0.632. The molecule has 134 valence electrons. The molecule has 3 aromatic rings. The topological polar surface area (TPSA) is 45.5 Å². The third-order valence-corrected chi connectivity index (χ3v) is 5.59. The Hall–Kier alpha value is -2.17. The smallest absolute Gasteiger partial charge is 0.355 e. The fourth-order valence-corrected chi connectivity index (χ4v) is 4.07. The van der Waals surface area contributed by atoms with Crippen molar-refractivity contribution < 1.29 is 9.90 Å². The Labute approximate surface area is 161 Å². The first-order valence-electron chi connectivity index (χ1n) is 8.65. The molecule has 6 heteroatoms. The maximum Gasteiger partial charge on any atom is 0.355 e. The highest BCUT2D eigenvalue weighted by Gasteiger charge is 2.28. The van der Waals surface area contributed by atoms with Crippen LogP contribution >= 0.6 is 23.2 Å². The maximum atomic E-state index is 12.3. The third kappa shape index (κ3) is 2.83. The zero-order valence-corrected chi connectivity index (χ0v) is 15.6. The van der Waals surface area contributed by atoms with Gasteiger partial charge in [0.15, 0.2) is 5.69 Å². The second kappa shape index (κ2) is 6.86. The summed E-state index contributed by atoms with van der Waals surface area (Å²) in [5.41, 5.74) is 2.53. The van der Waals surface area contributed by atoms with Crippen LogP contribution in [0.5, 0.6) is 0 Å². The molecule has 0 spiro atoms. The van der Waals surface area contributed by atoms with E-state index >= 15 is 0 Å². The van der Waals surface area contributed by atoms with Gasteiger partial charge in [-0.1, -0.05) is 41.4 Å². The molecule has 2 heterocycles. The lowest BCUT2D eigenvalue weighted by atomic mass is 10.1. The molecule has 2 aromatic carbocycles. The second-order valence-electron chi connectivity index (χ2n) is 6.50. The molecule has 0 unspecified atom stereocenters. The normalized spacial score (nSPS) is 14.8. The number of hydrogen-bond donors (Lipinski definition) is 1. The van der Waals surface area contributed by atoms with Crippen LogP contribution in [0.1, 0.15) is 29.8 Å². The lowest BCUT2D eigenvalue weighted by Gasteiger charge is -2.29. The predicted molar refractivity (Wildman–Crippen MR) is 106 cm³/mol. The largest absolute Gasteiger partial charge is 0.476 e. The van der Waals surface area contributed by atoms with Gasteiger partial charge in [0.2, 0.25) is 0 Å². The first kappa shape index (κ1) is 17.3. The summed E-state index contributed by atoms with van der Waals surface area (Å²) in [5, 5.41) is 11.7. The monoisotopic (exact) mass is 388 g/mol. The fourth-order valence-electron chi connectivity index (χ4n) is 3.74. The highest BCUT2D eigenvalue weighted by atomic mass is 35.5. The highest BCUT2D eigenvalue weighted by molar-refractivity contribution is 6.43. The molecule has 0 radical (unpaired) electrons. The number of aromatic carboxylic acids is 1. The number of para-hydroxylation sites is 1. The van der Waals surface area contributed by atoms with Crippen LogP contribution in [-0.2, 0) is 0 Å². The van der Waals surface area contributed by atoms with Gasteiger partial charge in [-0.2, -0.15) is 0 Å². The Bertz CT molecular complexity index is 977. The summed E-state index contributed by atoms with van der Waals surface area (Å²) in [6, 6.07) is 13.0. The zero-order valence-electron chi connectivity index (χ0n) is 14.1. The number of carboxylic acid groups (broad SMARTS) is 1. The van der Waals surface area contributed by atoms with Crippen LogP contribution in [0, 0.1) is 0 Å². The van der Waals surface area contributed by atoms with Crippen LogP contribution < -0.4 is 4.90 Å². The van der Waals surface area contributed by atoms with Gasteiger partial charge in [-0.25, -0.2) is 4.79 Å². The molecule has 4 rings (SSSR count). The van der Waals surface area contributed by atoms with Crippen molar-refractivity contribution in [1.29, 1.82) is 0 Å². The summed E-state index contributed by atoms with van der Waals surface area (Å²) in [5.74, 6) is -0.960. The van der Waals surface area contributed by atoms with E-state index in [1.54, 1.807) is 16.7 Å². The lowest BCUT2D eigenvalue weighted by Crippen LogP contribution is -2.30. The summed E-state index contributed by atoms with van der Waals surface area (Å²) >= 11 is 12.5. The van der Waals surface area contributed by atoms with Crippen LogP contribution in [0.4, 0.5) is 5.69 Å². The first-order chi connectivity index (χ1) is 12.6. The molecule has 0 bridgehead atoms. The van der Waals surface area contributed by atoms with Gasteiger partial charge in [-0.15, -0.1) is 0 Å². The maximum absolute atomic E-state index is 12.3. The van der Waals surface area contributed by atoms with E-state index in [-0.39, 0.29) is 5.69 Å². The first-order valence-corrected chi connectivity index (χ1v) is 9.40. The number of benzene rings is 2. The van der Waals surface area contributed by atoms with Gasteiger partial charge in [0.05, 0.1) is 21.2 Å². The van der Waals surface area contributed by atoms with Crippen molar-refractivity contribution in [1.82, 2.24) is 4.57 Å². The van der Waals surface area contributed by atoms with E-state index in [1.165, 1.54) is 6.42 Å². The van der Waals surface area contributed by atoms with Gasteiger partial charge in [-0.3, -0.25) is 0 Å². The zero-order chi connectivity index (χ0) is 18.3. The van der Waals surface area contributed by atoms with Crippen LogP contribution in [0.3, 0.4) is 0 Å². The number of carboxylic acids is 1.